The van der Waals surface area contributed by atoms with Gasteiger partial charge in [0.1, 0.15) is 11.2 Å². The molecule has 7 heterocycles. The molecule has 536 valence electrons. The summed E-state index contributed by atoms with van der Waals surface area (Å²) >= 11 is 3.64. The van der Waals surface area contributed by atoms with Crippen molar-refractivity contribution in [1.82, 2.24) is 29.9 Å². The number of aromatic nitrogens is 6. The van der Waals surface area contributed by atoms with E-state index in [1.54, 1.807) is 0 Å². The van der Waals surface area contributed by atoms with Gasteiger partial charge in [-0.3, -0.25) is 0 Å². The summed E-state index contributed by atoms with van der Waals surface area (Å²) in [6.07, 6.45) is 0. The average molecular weight is 1500 g/mol. The molecule has 0 saturated carbocycles. The molecule has 0 radical (unpaired) electrons. The molecule has 0 fully saturated rings. The van der Waals surface area contributed by atoms with Crippen LogP contribution in [0.4, 0.5) is 0 Å². The van der Waals surface area contributed by atoms with Gasteiger partial charge in [-0.15, -0.1) is 22.7 Å². The number of rotatable bonds is 11. The van der Waals surface area contributed by atoms with E-state index in [2.05, 4.69) is 358 Å². The van der Waals surface area contributed by atoms with Crippen molar-refractivity contribution in [3.63, 3.8) is 0 Å². The summed E-state index contributed by atoms with van der Waals surface area (Å²) in [5, 5.41) is 14.4. The first-order valence-electron chi connectivity index (χ1n) is 38.6. The van der Waals surface area contributed by atoms with Gasteiger partial charge in [-0.25, -0.2) is 29.9 Å². The Kier molecular flexibility index (Phi) is 16.5. The summed E-state index contributed by atoms with van der Waals surface area (Å²) in [5.41, 5.74) is 24.3. The Labute approximate surface area is 669 Å². The molecule has 23 aromatic rings. The molecule has 0 aliphatic rings. The summed E-state index contributed by atoms with van der Waals surface area (Å²) in [7, 11) is 0. The fourth-order valence-electron chi connectivity index (χ4n) is 16.5. The van der Waals surface area contributed by atoms with Crippen molar-refractivity contribution in [2.45, 2.75) is 0 Å². The van der Waals surface area contributed by atoms with Crippen molar-refractivity contribution in [2.75, 3.05) is 0 Å². The third kappa shape index (κ3) is 12.1. The van der Waals surface area contributed by atoms with Gasteiger partial charge in [0.25, 0.3) is 0 Å². The zero-order valence-corrected chi connectivity index (χ0v) is 63.5. The lowest BCUT2D eigenvalue weighted by Crippen LogP contribution is -1.96. The van der Waals surface area contributed by atoms with Crippen LogP contribution < -0.4 is 0 Å². The summed E-state index contributed by atoms with van der Waals surface area (Å²) < 4.78 is 11.4. The molecule has 7 aromatic heterocycles. The standard InChI is InChI=1S/C53H31N3OS.C53H33N3S/c1-2-13-33(14-3-1)44-31-45(37-16-10-15-36(30-37)39-20-11-21-41-40-18-6-8-22-46(40)57-51(39)41)55-53(54-44)35-26-24-34(25-27-35)49-52-48(42-19-7-9-23-47(42)58-52)43-29-28-32-12-4-5-17-38(32)50(43)56-49;1-3-12-34(13-4-1)35-22-26-39(27-23-35)47-33-46(38-15-5-2-6-16-38)54-53(55-47)40-28-24-36(25-29-40)41-17-11-18-42(32-41)50-52-49(44-20-9-10-21-48(44)57-52)45-31-30-37-14-7-8-19-43(37)51(45)56-50/h1-31H;1-33H. The number of pyridine rings is 2. The lowest BCUT2D eigenvalue weighted by molar-refractivity contribution is 0.670. The fourth-order valence-corrected chi connectivity index (χ4v) is 19.0. The van der Waals surface area contributed by atoms with Crippen molar-refractivity contribution in [3.05, 3.63) is 388 Å². The van der Waals surface area contributed by atoms with E-state index in [0.29, 0.717) is 11.6 Å². The largest absolute Gasteiger partial charge is 0.455 e. The van der Waals surface area contributed by atoms with E-state index in [0.717, 1.165) is 139 Å². The second kappa shape index (κ2) is 28.2. The summed E-state index contributed by atoms with van der Waals surface area (Å²) in [6, 6.07) is 137. The number of thiophene rings is 2. The average Bonchev–Trinajstić information content (AvgIpc) is 1.65. The second-order valence-corrected chi connectivity index (χ2v) is 31.2. The third-order valence-electron chi connectivity index (χ3n) is 22.2. The molecule has 0 atom stereocenters. The zero-order chi connectivity index (χ0) is 75.9. The van der Waals surface area contributed by atoms with E-state index in [1.807, 2.05) is 53.0 Å². The summed E-state index contributed by atoms with van der Waals surface area (Å²) in [5.74, 6) is 1.36. The van der Waals surface area contributed by atoms with E-state index >= 15 is 0 Å². The zero-order valence-electron chi connectivity index (χ0n) is 61.9. The minimum absolute atomic E-state index is 0.664. The van der Waals surface area contributed by atoms with Gasteiger partial charge in [0.15, 0.2) is 11.6 Å². The molecule has 0 aliphatic carbocycles. The first kappa shape index (κ1) is 67.2. The SMILES string of the molecule is c1ccc(-c2cc(-c3cccc(-c4cccc5c4oc4ccccc45)c3)nc(-c3ccc(-c4nc5c6ccccc6ccc5c5c4sc4ccccc45)cc3)n2)cc1.c1ccc(-c2ccc(-c3cc(-c4ccccc4)nc(-c4ccc(-c5cccc(-c6nc7c8ccccc8ccc7c7c6sc6ccccc67)c5)cc4)n3)cc2)cc1. The number of benzene rings is 16. The van der Waals surface area contributed by atoms with Crippen LogP contribution in [0.5, 0.6) is 0 Å². The van der Waals surface area contributed by atoms with Crippen LogP contribution in [0.25, 0.3) is 229 Å². The molecule has 0 saturated heterocycles. The molecule has 0 aliphatic heterocycles. The van der Waals surface area contributed by atoms with Crippen LogP contribution in [-0.2, 0) is 0 Å². The molecule has 115 heavy (non-hydrogen) atoms. The van der Waals surface area contributed by atoms with Gasteiger partial charge < -0.3 is 4.42 Å². The van der Waals surface area contributed by atoms with Gasteiger partial charge in [-0.05, 0) is 81.1 Å². The molecule has 0 spiro atoms. The molecule has 0 amide bonds. The molecule has 0 N–H and O–H groups in total. The van der Waals surface area contributed by atoms with Crippen LogP contribution in [-0.4, -0.2) is 29.9 Å². The number of nitrogens with zero attached hydrogens (tertiary/aromatic N) is 6. The first-order valence-corrected chi connectivity index (χ1v) is 40.2. The van der Waals surface area contributed by atoms with Crippen molar-refractivity contribution >= 4 is 128 Å². The predicted octanol–water partition coefficient (Wildman–Crippen LogP) is 29.3. The molecule has 23 rings (SSSR count). The van der Waals surface area contributed by atoms with Gasteiger partial charge in [0.2, 0.25) is 0 Å². The first-order chi connectivity index (χ1) is 57.0. The number of furan rings is 1. The highest BCUT2D eigenvalue weighted by Gasteiger charge is 2.23. The van der Waals surface area contributed by atoms with Crippen LogP contribution in [0.2, 0.25) is 0 Å². The number of para-hydroxylation sites is 2. The topological polar surface area (TPSA) is 90.5 Å². The maximum absolute atomic E-state index is 6.43. The van der Waals surface area contributed by atoms with E-state index in [-0.39, 0.29) is 0 Å². The summed E-state index contributed by atoms with van der Waals surface area (Å²) in [4.78, 5) is 31.5. The fraction of sp³-hybridized carbons (Fsp3) is 0. The number of fused-ring (bicyclic) bond motifs is 17. The molecular formula is C106H64N6OS2. The van der Waals surface area contributed by atoms with Crippen LogP contribution in [0.15, 0.2) is 393 Å². The van der Waals surface area contributed by atoms with Crippen molar-refractivity contribution in [1.29, 1.82) is 0 Å². The Hall–Kier alpha value is -14.7. The highest BCUT2D eigenvalue weighted by atomic mass is 32.1. The lowest BCUT2D eigenvalue weighted by Gasteiger charge is -2.12. The van der Waals surface area contributed by atoms with Crippen molar-refractivity contribution < 1.29 is 4.42 Å². The summed E-state index contributed by atoms with van der Waals surface area (Å²) in [6.45, 7) is 0. The third-order valence-corrected chi connectivity index (χ3v) is 24.5. The van der Waals surface area contributed by atoms with Crippen molar-refractivity contribution in [3.8, 4) is 124 Å². The van der Waals surface area contributed by atoms with Crippen LogP contribution in [0, 0.1) is 0 Å². The van der Waals surface area contributed by atoms with Crippen LogP contribution in [0.1, 0.15) is 0 Å². The molecule has 0 unspecified atom stereocenters. The van der Waals surface area contributed by atoms with Gasteiger partial charge >= 0.3 is 0 Å². The maximum atomic E-state index is 6.43. The minimum atomic E-state index is 0.664. The molecular weight excluding hydrogens is 1440 g/mol. The van der Waals surface area contributed by atoms with Crippen LogP contribution in [0.3, 0.4) is 0 Å². The Balaban J connectivity index is 0.000000140. The van der Waals surface area contributed by atoms with E-state index in [9.17, 15) is 0 Å². The Morgan fingerprint density at radius 3 is 1.13 bits per heavy atom. The number of hydrogen-bond donors (Lipinski definition) is 0. The normalized spacial score (nSPS) is 11.7. The van der Waals surface area contributed by atoms with Crippen molar-refractivity contribution in [2.24, 2.45) is 0 Å². The van der Waals surface area contributed by atoms with Crippen LogP contribution >= 0.6 is 22.7 Å². The highest BCUT2D eigenvalue weighted by molar-refractivity contribution is 7.27. The Morgan fingerprint density at radius 2 is 0.574 bits per heavy atom. The number of hydrogen-bond acceptors (Lipinski definition) is 9. The smallest absolute Gasteiger partial charge is 0.160 e. The second-order valence-electron chi connectivity index (χ2n) is 29.1. The van der Waals surface area contributed by atoms with Gasteiger partial charge in [-0.1, -0.05) is 346 Å². The maximum Gasteiger partial charge on any atom is 0.160 e. The quantitative estimate of drug-likeness (QED) is 0.119. The minimum Gasteiger partial charge on any atom is -0.455 e. The van der Waals surface area contributed by atoms with E-state index in [1.165, 1.54) is 78.4 Å². The molecule has 16 aromatic carbocycles. The van der Waals surface area contributed by atoms with Gasteiger partial charge in [0, 0.05) is 113 Å². The van der Waals surface area contributed by atoms with Gasteiger partial charge in [-0.2, -0.15) is 0 Å². The van der Waals surface area contributed by atoms with E-state index < -0.39 is 0 Å². The van der Waals surface area contributed by atoms with Gasteiger partial charge in [0.05, 0.1) is 54.6 Å². The molecule has 9 heteroatoms. The van der Waals surface area contributed by atoms with E-state index in [4.69, 9.17) is 34.3 Å². The Morgan fingerprint density at radius 1 is 0.209 bits per heavy atom. The predicted molar refractivity (Wildman–Crippen MR) is 483 cm³/mol. The molecule has 7 nitrogen and oxygen atoms in total. The highest BCUT2D eigenvalue weighted by Crippen LogP contribution is 2.48. The molecule has 0 bridgehead atoms. The lowest BCUT2D eigenvalue weighted by atomic mass is 9.97. The Bertz CT molecular complexity index is 7750. The monoisotopic (exact) mass is 1500 g/mol.